The lowest BCUT2D eigenvalue weighted by molar-refractivity contribution is 0.626. The Bertz CT molecular complexity index is 616. The van der Waals surface area contributed by atoms with E-state index < -0.39 is 5.82 Å². The second-order valence-corrected chi connectivity index (χ2v) is 5.37. The highest BCUT2D eigenvalue weighted by molar-refractivity contribution is 9.10. The number of nitrogens with one attached hydrogen (secondary N) is 1. The monoisotopic (exact) mass is 338 g/mol. The van der Waals surface area contributed by atoms with Crippen molar-refractivity contribution in [3.05, 3.63) is 63.9 Å². The van der Waals surface area contributed by atoms with E-state index in [-0.39, 0.29) is 10.6 Å². The molecule has 0 aliphatic carbocycles. The van der Waals surface area contributed by atoms with Gasteiger partial charge in [0.25, 0.3) is 0 Å². The van der Waals surface area contributed by atoms with Crippen LogP contribution >= 0.6 is 28.1 Å². The fraction of sp³-hybridized carbons (Fsp3) is 0.0714. The van der Waals surface area contributed by atoms with Crippen molar-refractivity contribution in [1.29, 1.82) is 0 Å². The summed E-state index contributed by atoms with van der Waals surface area (Å²) in [6, 6.07) is 12.6. The SMILES string of the molecule is NC(=S)c1c(F)cccc1NCc1cccc(Br)c1. The van der Waals surface area contributed by atoms with Gasteiger partial charge in [-0.25, -0.2) is 4.39 Å². The average molecular weight is 339 g/mol. The number of halogens is 2. The molecule has 0 saturated carbocycles. The molecule has 0 amide bonds. The molecule has 0 aliphatic rings. The smallest absolute Gasteiger partial charge is 0.135 e. The number of thiocarbonyl (C=S) groups is 1. The van der Waals surface area contributed by atoms with Gasteiger partial charge in [-0.05, 0) is 29.8 Å². The highest BCUT2D eigenvalue weighted by Gasteiger charge is 2.10. The van der Waals surface area contributed by atoms with Gasteiger partial charge in [-0.1, -0.05) is 46.3 Å². The molecule has 0 unspecified atom stereocenters. The first kappa shape index (κ1) is 14.0. The minimum Gasteiger partial charge on any atom is -0.389 e. The van der Waals surface area contributed by atoms with E-state index in [0.29, 0.717) is 12.2 Å². The molecule has 0 fully saturated rings. The molecule has 0 saturated heterocycles. The van der Waals surface area contributed by atoms with Gasteiger partial charge in [0, 0.05) is 16.7 Å². The van der Waals surface area contributed by atoms with E-state index in [1.54, 1.807) is 12.1 Å². The summed E-state index contributed by atoms with van der Waals surface area (Å²) in [5.74, 6) is -0.410. The molecular weight excluding hydrogens is 327 g/mol. The number of benzene rings is 2. The van der Waals surface area contributed by atoms with Gasteiger partial charge >= 0.3 is 0 Å². The molecule has 98 valence electrons. The number of nitrogens with two attached hydrogens (primary N) is 1. The maximum atomic E-state index is 13.7. The van der Waals surface area contributed by atoms with Gasteiger partial charge < -0.3 is 11.1 Å². The van der Waals surface area contributed by atoms with Crippen LogP contribution in [0.25, 0.3) is 0 Å². The molecule has 2 aromatic carbocycles. The van der Waals surface area contributed by atoms with Crippen molar-refractivity contribution in [3.63, 3.8) is 0 Å². The zero-order chi connectivity index (χ0) is 13.8. The first-order valence-corrected chi connectivity index (χ1v) is 6.84. The van der Waals surface area contributed by atoms with E-state index in [2.05, 4.69) is 21.2 Å². The Hall–Kier alpha value is -1.46. The van der Waals surface area contributed by atoms with E-state index in [9.17, 15) is 4.39 Å². The van der Waals surface area contributed by atoms with Gasteiger partial charge in [-0.3, -0.25) is 0 Å². The maximum absolute atomic E-state index is 13.7. The minimum absolute atomic E-state index is 0.0508. The first-order valence-electron chi connectivity index (χ1n) is 5.64. The van der Waals surface area contributed by atoms with Crippen LogP contribution in [0.5, 0.6) is 0 Å². The van der Waals surface area contributed by atoms with Crippen LogP contribution in [0.3, 0.4) is 0 Å². The Kier molecular flexibility index (Phi) is 4.50. The third-order valence-electron chi connectivity index (χ3n) is 2.63. The number of anilines is 1. The van der Waals surface area contributed by atoms with E-state index in [1.165, 1.54) is 6.07 Å². The van der Waals surface area contributed by atoms with Crippen molar-refractivity contribution in [1.82, 2.24) is 0 Å². The molecule has 0 radical (unpaired) electrons. The van der Waals surface area contributed by atoms with Crippen LogP contribution in [0.15, 0.2) is 46.9 Å². The van der Waals surface area contributed by atoms with Crippen molar-refractivity contribution >= 4 is 38.8 Å². The summed E-state index contributed by atoms with van der Waals surface area (Å²) in [6.07, 6.45) is 0. The molecule has 2 aromatic rings. The summed E-state index contributed by atoms with van der Waals surface area (Å²) >= 11 is 8.29. The Balaban J connectivity index is 2.20. The Morgan fingerprint density at radius 2 is 2.00 bits per heavy atom. The molecule has 19 heavy (non-hydrogen) atoms. The predicted octanol–water partition coefficient (Wildman–Crippen LogP) is 3.83. The van der Waals surface area contributed by atoms with Crippen molar-refractivity contribution in [2.24, 2.45) is 5.73 Å². The quantitative estimate of drug-likeness (QED) is 0.832. The molecule has 3 N–H and O–H groups in total. The number of hydrogen-bond acceptors (Lipinski definition) is 2. The second kappa shape index (κ2) is 6.12. The van der Waals surface area contributed by atoms with Crippen molar-refractivity contribution in [3.8, 4) is 0 Å². The molecule has 2 nitrogen and oxygen atoms in total. The highest BCUT2D eigenvalue weighted by Crippen LogP contribution is 2.20. The normalized spacial score (nSPS) is 10.2. The third-order valence-corrected chi connectivity index (χ3v) is 3.33. The fourth-order valence-electron chi connectivity index (χ4n) is 1.77. The van der Waals surface area contributed by atoms with Crippen molar-refractivity contribution in [2.75, 3.05) is 5.32 Å². The largest absolute Gasteiger partial charge is 0.389 e. The number of rotatable bonds is 4. The predicted molar refractivity (Wildman–Crippen MR) is 83.8 cm³/mol. The minimum atomic E-state index is -0.410. The molecule has 5 heteroatoms. The molecule has 0 spiro atoms. The van der Waals surface area contributed by atoms with Gasteiger partial charge in [0.2, 0.25) is 0 Å². The fourth-order valence-corrected chi connectivity index (χ4v) is 2.42. The van der Waals surface area contributed by atoms with Crippen LogP contribution < -0.4 is 11.1 Å². The number of hydrogen-bond donors (Lipinski definition) is 2. The molecular formula is C14H12BrFN2S. The van der Waals surface area contributed by atoms with E-state index in [1.807, 2.05) is 24.3 Å². The zero-order valence-electron chi connectivity index (χ0n) is 9.99. The molecule has 0 heterocycles. The first-order chi connectivity index (χ1) is 9.08. The average Bonchev–Trinajstić information content (AvgIpc) is 2.36. The lowest BCUT2D eigenvalue weighted by atomic mass is 10.1. The second-order valence-electron chi connectivity index (χ2n) is 4.01. The van der Waals surface area contributed by atoms with Crippen LogP contribution in [0.1, 0.15) is 11.1 Å². The van der Waals surface area contributed by atoms with Gasteiger partial charge in [0.1, 0.15) is 10.8 Å². The Morgan fingerprint density at radius 3 is 2.68 bits per heavy atom. The van der Waals surface area contributed by atoms with Crippen LogP contribution in [-0.4, -0.2) is 4.99 Å². The summed E-state index contributed by atoms with van der Waals surface area (Å²) in [5.41, 5.74) is 7.49. The molecule has 0 atom stereocenters. The van der Waals surface area contributed by atoms with Gasteiger partial charge in [-0.15, -0.1) is 0 Å². The van der Waals surface area contributed by atoms with Crippen molar-refractivity contribution < 1.29 is 4.39 Å². The Labute approximate surface area is 124 Å². The standard InChI is InChI=1S/C14H12BrFN2S/c15-10-4-1-3-9(7-10)8-18-12-6-2-5-11(16)13(12)14(17)19/h1-7,18H,8H2,(H2,17,19). The lowest BCUT2D eigenvalue weighted by Crippen LogP contribution is -2.15. The van der Waals surface area contributed by atoms with Crippen LogP contribution in [0, 0.1) is 5.82 Å². The summed E-state index contributed by atoms with van der Waals surface area (Å²) in [4.78, 5) is 0.0508. The van der Waals surface area contributed by atoms with E-state index in [0.717, 1.165) is 10.0 Å². The van der Waals surface area contributed by atoms with Gasteiger partial charge in [0.15, 0.2) is 0 Å². The van der Waals surface area contributed by atoms with Crippen LogP contribution in [0.2, 0.25) is 0 Å². The van der Waals surface area contributed by atoms with Crippen LogP contribution in [0.4, 0.5) is 10.1 Å². The summed E-state index contributed by atoms with van der Waals surface area (Å²) in [5, 5.41) is 3.15. The summed E-state index contributed by atoms with van der Waals surface area (Å²) in [6.45, 7) is 0.568. The molecule has 2 rings (SSSR count). The van der Waals surface area contributed by atoms with Gasteiger partial charge in [0.05, 0.1) is 5.56 Å². The van der Waals surface area contributed by atoms with E-state index in [4.69, 9.17) is 18.0 Å². The topological polar surface area (TPSA) is 38.0 Å². The molecule has 0 aliphatic heterocycles. The molecule has 0 aromatic heterocycles. The maximum Gasteiger partial charge on any atom is 0.135 e. The lowest BCUT2D eigenvalue weighted by Gasteiger charge is -2.12. The highest BCUT2D eigenvalue weighted by atomic mass is 79.9. The molecule has 0 bridgehead atoms. The third kappa shape index (κ3) is 3.52. The summed E-state index contributed by atoms with van der Waals surface area (Å²) in [7, 11) is 0. The van der Waals surface area contributed by atoms with Crippen molar-refractivity contribution in [2.45, 2.75) is 6.54 Å². The van der Waals surface area contributed by atoms with Crippen LogP contribution in [-0.2, 0) is 6.54 Å². The van der Waals surface area contributed by atoms with Gasteiger partial charge in [-0.2, -0.15) is 0 Å². The van der Waals surface area contributed by atoms with E-state index >= 15 is 0 Å². The Morgan fingerprint density at radius 1 is 1.26 bits per heavy atom. The zero-order valence-corrected chi connectivity index (χ0v) is 12.4. The summed E-state index contributed by atoms with van der Waals surface area (Å²) < 4.78 is 14.7.